The molecule has 5 aromatic rings. The lowest BCUT2D eigenvalue weighted by molar-refractivity contribution is -0.122. The van der Waals surface area contributed by atoms with Gasteiger partial charge in [-0.15, -0.1) is 0 Å². The van der Waals surface area contributed by atoms with Crippen LogP contribution < -0.4 is 15.4 Å². The molecule has 6 rings (SSSR count). The van der Waals surface area contributed by atoms with Gasteiger partial charge < -0.3 is 19.6 Å². The summed E-state index contributed by atoms with van der Waals surface area (Å²) in [6.07, 6.45) is 4.73. The lowest BCUT2D eigenvalue weighted by Crippen LogP contribution is -2.22. The third kappa shape index (κ3) is 4.73. The van der Waals surface area contributed by atoms with E-state index in [-0.39, 0.29) is 11.8 Å². The van der Waals surface area contributed by atoms with Gasteiger partial charge in [0, 0.05) is 52.4 Å². The van der Waals surface area contributed by atoms with Crippen LogP contribution in [0.4, 0.5) is 0 Å². The molecule has 39 heavy (non-hydrogen) atoms. The standard InChI is InChI=1S/C32H30N4O3/c1-2-33-15-8-16-36-19-26(24-14-13-22(17-28(24)36)39-20-21-9-4-3-5-10-21)30-29(31(37)35-32(30)38)25-18-34-27-12-7-6-11-23(25)27/h3-7,9-14,17-19,33-34H,2,8,15-16,20H2,1H3,(H,35,37,38). The van der Waals surface area contributed by atoms with Crippen LogP contribution >= 0.6 is 0 Å². The monoisotopic (exact) mass is 518 g/mol. The van der Waals surface area contributed by atoms with Gasteiger partial charge in [0.25, 0.3) is 11.8 Å². The topological polar surface area (TPSA) is 88.2 Å². The van der Waals surface area contributed by atoms with E-state index in [9.17, 15) is 9.59 Å². The molecule has 0 radical (unpaired) electrons. The molecule has 3 heterocycles. The zero-order valence-electron chi connectivity index (χ0n) is 21.8. The maximum Gasteiger partial charge on any atom is 0.259 e. The SMILES string of the molecule is CCNCCCn1cc(C2=C(c3c[nH]c4ccccc34)C(=O)NC2=O)c2ccc(OCc3ccccc3)cc21. The second-order valence-corrected chi connectivity index (χ2v) is 9.68. The summed E-state index contributed by atoms with van der Waals surface area (Å²) in [6, 6.07) is 23.8. The van der Waals surface area contributed by atoms with Crippen molar-refractivity contribution in [3.8, 4) is 5.75 Å². The maximum absolute atomic E-state index is 13.3. The van der Waals surface area contributed by atoms with Gasteiger partial charge in [-0.25, -0.2) is 0 Å². The number of benzene rings is 3. The van der Waals surface area contributed by atoms with Crippen molar-refractivity contribution in [2.24, 2.45) is 0 Å². The molecule has 7 heteroatoms. The number of carbonyl (C=O) groups is 2. The molecule has 3 aromatic carbocycles. The highest BCUT2D eigenvalue weighted by Gasteiger charge is 2.35. The number of amides is 2. The number of para-hydroxylation sites is 1. The lowest BCUT2D eigenvalue weighted by Gasteiger charge is -2.09. The van der Waals surface area contributed by atoms with Crippen molar-refractivity contribution in [2.45, 2.75) is 26.5 Å². The van der Waals surface area contributed by atoms with Gasteiger partial charge in [-0.1, -0.05) is 55.5 Å². The molecule has 0 aliphatic carbocycles. The van der Waals surface area contributed by atoms with Gasteiger partial charge in [0.1, 0.15) is 12.4 Å². The number of imide groups is 1. The van der Waals surface area contributed by atoms with E-state index < -0.39 is 0 Å². The fraction of sp³-hybridized carbons (Fsp3) is 0.188. The van der Waals surface area contributed by atoms with Crippen molar-refractivity contribution in [3.05, 3.63) is 102 Å². The molecule has 0 saturated carbocycles. The third-order valence-corrected chi connectivity index (χ3v) is 7.16. The Balaban J connectivity index is 1.45. The van der Waals surface area contributed by atoms with Gasteiger partial charge >= 0.3 is 0 Å². The summed E-state index contributed by atoms with van der Waals surface area (Å²) in [5, 5.41) is 7.73. The molecule has 0 spiro atoms. The Hall–Kier alpha value is -4.62. The molecule has 196 valence electrons. The molecule has 2 aromatic heterocycles. The summed E-state index contributed by atoms with van der Waals surface area (Å²) < 4.78 is 8.28. The Bertz CT molecular complexity index is 1710. The molecule has 1 aliphatic heterocycles. The molecule has 0 unspecified atom stereocenters. The van der Waals surface area contributed by atoms with E-state index in [1.54, 1.807) is 0 Å². The molecule has 0 atom stereocenters. The van der Waals surface area contributed by atoms with Gasteiger partial charge in [-0.3, -0.25) is 14.9 Å². The summed E-state index contributed by atoms with van der Waals surface area (Å²) in [5.74, 6) is -0.00582. The van der Waals surface area contributed by atoms with Crippen LogP contribution in [0.25, 0.3) is 33.0 Å². The molecule has 0 bridgehead atoms. The van der Waals surface area contributed by atoms with Crippen molar-refractivity contribution in [2.75, 3.05) is 13.1 Å². The molecular weight excluding hydrogens is 488 g/mol. The predicted octanol–water partition coefficient (Wildman–Crippen LogP) is 5.27. The van der Waals surface area contributed by atoms with Crippen LogP contribution in [0.1, 0.15) is 30.0 Å². The molecular formula is C32H30N4O3. The van der Waals surface area contributed by atoms with Crippen LogP contribution in [0.3, 0.4) is 0 Å². The van der Waals surface area contributed by atoms with E-state index in [4.69, 9.17) is 4.74 Å². The van der Waals surface area contributed by atoms with Gasteiger partial charge in [-0.2, -0.15) is 0 Å². The minimum absolute atomic E-state index is 0.378. The second kappa shape index (κ2) is 10.6. The second-order valence-electron chi connectivity index (χ2n) is 9.68. The summed E-state index contributed by atoms with van der Waals surface area (Å²) in [7, 11) is 0. The Morgan fingerprint density at radius 3 is 2.46 bits per heavy atom. The minimum Gasteiger partial charge on any atom is -0.489 e. The number of hydrogen-bond acceptors (Lipinski definition) is 4. The van der Waals surface area contributed by atoms with Crippen LogP contribution in [-0.2, 0) is 22.7 Å². The van der Waals surface area contributed by atoms with Crippen LogP contribution in [-0.4, -0.2) is 34.5 Å². The van der Waals surface area contributed by atoms with Crippen LogP contribution in [0.15, 0.2) is 85.2 Å². The van der Waals surface area contributed by atoms with E-state index in [1.165, 1.54) is 0 Å². The number of aromatic nitrogens is 2. The molecule has 0 fully saturated rings. The first kappa shape index (κ1) is 24.7. The van der Waals surface area contributed by atoms with E-state index >= 15 is 0 Å². The number of aryl methyl sites for hydroxylation is 1. The Morgan fingerprint density at radius 1 is 0.872 bits per heavy atom. The van der Waals surface area contributed by atoms with E-state index in [1.807, 2.05) is 85.2 Å². The zero-order chi connectivity index (χ0) is 26.8. The van der Waals surface area contributed by atoms with Gasteiger partial charge in [0.2, 0.25) is 0 Å². The van der Waals surface area contributed by atoms with Gasteiger partial charge in [-0.05, 0) is 43.3 Å². The number of rotatable bonds is 10. The molecule has 3 N–H and O–H groups in total. The average Bonchev–Trinajstić information content (AvgIpc) is 3.62. The fourth-order valence-electron chi connectivity index (χ4n) is 5.29. The minimum atomic E-state index is -0.379. The largest absolute Gasteiger partial charge is 0.489 e. The van der Waals surface area contributed by atoms with Crippen molar-refractivity contribution in [1.29, 1.82) is 0 Å². The lowest BCUT2D eigenvalue weighted by atomic mass is 9.95. The van der Waals surface area contributed by atoms with E-state index in [0.29, 0.717) is 17.8 Å². The number of nitrogens with one attached hydrogen (secondary N) is 3. The summed E-state index contributed by atoms with van der Waals surface area (Å²) in [6.45, 7) is 5.12. The molecule has 2 amide bonds. The molecule has 0 saturated heterocycles. The first-order chi connectivity index (χ1) is 19.1. The summed E-state index contributed by atoms with van der Waals surface area (Å²) >= 11 is 0. The van der Waals surface area contributed by atoms with Gasteiger partial charge in [0.15, 0.2) is 0 Å². The average molecular weight is 519 g/mol. The van der Waals surface area contributed by atoms with Gasteiger partial charge in [0.05, 0.1) is 16.7 Å². The fourth-order valence-corrected chi connectivity index (χ4v) is 5.29. The normalized spacial score (nSPS) is 13.6. The number of fused-ring (bicyclic) bond motifs is 2. The number of hydrogen-bond donors (Lipinski definition) is 3. The number of nitrogens with zero attached hydrogens (tertiary/aromatic N) is 1. The summed E-state index contributed by atoms with van der Waals surface area (Å²) in [4.78, 5) is 29.6. The van der Waals surface area contributed by atoms with Crippen molar-refractivity contribution in [3.63, 3.8) is 0 Å². The number of H-pyrrole nitrogens is 1. The Morgan fingerprint density at radius 2 is 1.64 bits per heavy atom. The third-order valence-electron chi connectivity index (χ3n) is 7.16. The van der Waals surface area contributed by atoms with E-state index in [2.05, 4.69) is 27.1 Å². The van der Waals surface area contributed by atoms with Crippen molar-refractivity contribution in [1.82, 2.24) is 20.2 Å². The molecule has 7 nitrogen and oxygen atoms in total. The van der Waals surface area contributed by atoms with Crippen LogP contribution in [0.5, 0.6) is 5.75 Å². The van der Waals surface area contributed by atoms with E-state index in [0.717, 1.165) is 70.3 Å². The van der Waals surface area contributed by atoms with Crippen molar-refractivity contribution >= 4 is 44.8 Å². The van der Waals surface area contributed by atoms with Crippen LogP contribution in [0.2, 0.25) is 0 Å². The molecule has 1 aliphatic rings. The number of ether oxygens (including phenoxy) is 1. The number of carbonyl (C=O) groups excluding carboxylic acids is 2. The smallest absolute Gasteiger partial charge is 0.259 e. The maximum atomic E-state index is 13.3. The first-order valence-corrected chi connectivity index (χ1v) is 13.3. The Kier molecular flexibility index (Phi) is 6.73. The quantitative estimate of drug-likeness (QED) is 0.174. The Labute approximate surface area is 226 Å². The predicted molar refractivity (Wildman–Crippen MR) is 154 cm³/mol. The highest BCUT2D eigenvalue weighted by Crippen LogP contribution is 2.39. The van der Waals surface area contributed by atoms with Crippen LogP contribution in [0, 0.1) is 0 Å². The highest BCUT2D eigenvalue weighted by atomic mass is 16.5. The first-order valence-electron chi connectivity index (χ1n) is 13.3. The van der Waals surface area contributed by atoms with Crippen molar-refractivity contribution < 1.29 is 14.3 Å². The summed E-state index contributed by atoms with van der Waals surface area (Å²) in [5.41, 5.74) is 5.23. The number of aromatic amines is 1. The highest BCUT2D eigenvalue weighted by molar-refractivity contribution is 6.50. The zero-order valence-corrected chi connectivity index (χ0v) is 21.8.